The molecule has 0 saturated heterocycles. The summed E-state index contributed by atoms with van der Waals surface area (Å²) in [4.78, 5) is 14.2. The van der Waals surface area contributed by atoms with Gasteiger partial charge in [0.2, 0.25) is 5.91 Å². The molecular formula is C19H30N2O2. The van der Waals surface area contributed by atoms with E-state index in [2.05, 4.69) is 41.5 Å². The minimum Gasteiger partial charge on any atom is -0.389 e. The molecule has 0 heterocycles. The summed E-state index contributed by atoms with van der Waals surface area (Å²) >= 11 is 0. The highest BCUT2D eigenvalue weighted by Gasteiger charge is 2.31. The second-order valence-corrected chi connectivity index (χ2v) is 6.89. The third-order valence-corrected chi connectivity index (χ3v) is 4.61. The molecule has 1 aromatic rings. The van der Waals surface area contributed by atoms with Crippen molar-refractivity contribution in [3.05, 3.63) is 35.9 Å². The van der Waals surface area contributed by atoms with Crippen LogP contribution in [0, 0.1) is 0 Å². The number of nitrogens with zero attached hydrogens (tertiary/aromatic N) is 1. The fraction of sp³-hybridized carbons (Fsp3) is 0.632. The zero-order valence-electron chi connectivity index (χ0n) is 14.3. The van der Waals surface area contributed by atoms with Gasteiger partial charge in [-0.05, 0) is 38.4 Å². The van der Waals surface area contributed by atoms with Crippen molar-refractivity contribution in [3.63, 3.8) is 0 Å². The van der Waals surface area contributed by atoms with Crippen LogP contribution in [-0.2, 0) is 11.3 Å². The summed E-state index contributed by atoms with van der Waals surface area (Å²) in [6, 6.07) is 10.4. The summed E-state index contributed by atoms with van der Waals surface area (Å²) in [5.41, 5.74) is 0.547. The predicted octanol–water partition coefficient (Wildman–Crippen LogP) is 2.71. The molecular weight excluding hydrogens is 288 g/mol. The van der Waals surface area contributed by atoms with Gasteiger partial charge in [-0.1, -0.05) is 49.6 Å². The summed E-state index contributed by atoms with van der Waals surface area (Å²) in [6.07, 6.45) is 5.96. The van der Waals surface area contributed by atoms with Crippen LogP contribution in [-0.4, -0.2) is 41.7 Å². The van der Waals surface area contributed by atoms with Gasteiger partial charge in [-0.15, -0.1) is 0 Å². The van der Waals surface area contributed by atoms with Crippen molar-refractivity contribution in [1.29, 1.82) is 0 Å². The first kappa shape index (κ1) is 18.0. The van der Waals surface area contributed by atoms with Crippen LogP contribution in [0.4, 0.5) is 0 Å². The lowest BCUT2D eigenvalue weighted by Gasteiger charge is -2.31. The second-order valence-electron chi connectivity index (χ2n) is 6.89. The van der Waals surface area contributed by atoms with E-state index in [1.54, 1.807) is 0 Å². The van der Waals surface area contributed by atoms with Gasteiger partial charge in [0, 0.05) is 13.1 Å². The van der Waals surface area contributed by atoms with Gasteiger partial charge in [-0.3, -0.25) is 4.79 Å². The third-order valence-electron chi connectivity index (χ3n) is 4.61. The van der Waals surface area contributed by atoms with E-state index in [1.165, 1.54) is 12.0 Å². The van der Waals surface area contributed by atoms with Gasteiger partial charge in [0.25, 0.3) is 0 Å². The van der Waals surface area contributed by atoms with E-state index in [4.69, 9.17) is 0 Å². The summed E-state index contributed by atoms with van der Waals surface area (Å²) in [7, 11) is 2.10. The van der Waals surface area contributed by atoms with E-state index in [0.717, 1.165) is 45.2 Å². The average Bonchev–Trinajstić information content (AvgIpc) is 2.53. The number of hydrogen-bond acceptors (Lipinski definition) is 3. The minimum atomic E-state index is -0.758. The number of carbonyl (C=O) groups excluding carboxylic acids is 1. The maximum absolute atomic E-state index is 12.0. The van der Waals surface area contributed by atoms with Crippen molar-refractivity contribution in [2.75, 3.05) is 20.1 Å². The van der Waals surface area contributed by atoms with Crippen LogP contribution < -0.4 is 5.32 Å². The lowest BCUT2D eigenvalue weighted by atomic mass is 9.82. The number of nitrogens with one attached hydrogen (secondary N) is 1. The van der Waals surface area contributed by atoms with E-state index in [0.29, 0.717) is 6.54 Å². The number of hydrogen-bond donors (Lipinski definition) is 2. The first-order chi connectivity index (χ1) is 11.1. The Kier molecular flexibility index (Phi) is 7.06. The molecule has 1 fully saturated rings. The van der Waals surface area contributed by atoms with Crippen LogP contribution in [0.25, 0.3) is 0 Å². The molecule has 0 unspecified atom stereocenters. The Bertz CT molecular complexity index is 470. The number of aliphatic hydroxyl groups is 1. The molecule has 2 rings (SSSR count). The Labute approximate surface area is 139 Å². The Hall–Kier alpha value is -1.39. The van der Waals surface area contributed by atoms with Gasteiger partial charge in [-0.25, -0.2) is 0 Å². The molecule has 0 aliphatic heterocycles. The molecule has 1 aromatic carbocycles. The number of rotatable bonds is 8. The number of carbonyl (C=O) groups is 1. The van der Waals surface area contributed by atoms with Gasteiger partial charge in [0.05, 0.1) is 12.0 Å². The van der Waals surface area contributed by atoms with Gasteiger partial charge >= 0.3 is 0 Å². The second kappa shape index (κ2) is 9.04. The molecule has 0 atom stereocenters. The van der Waals surface area contributed by atoms with Gasteiger partial charge < -0.3 is 15.3 Å². The SMILES string of the molecule is CN(CCCNC(=O)CC1(O)CCCCC1)Cc1ccccc1. The van der Waals surface area contributed by atoms with Gasteiger partial charge in [0.15, 0.2) is 0 Å². The average molecular weight is 318 g/mol. The Morgan fingerprint density at radius 2 is 1.91 bits per heavy atom. The Morgan fingerprint density at radius 3 is 2.61 bits per heavy atom. The van der Waals surface area contributed by atoms with Crippen LogP contribution in [0.15, 0.2) is 30.3 Å². The molecule has 0 radical (unpaired) electrons. The summed E-state index contributed by atoms with van der Waals surface area (Å²) in [5.74, 6) is -0.0138. The standard InChI is InChI=1S/C19H30N2O2/c1-21(16-17-9-4-2-5-10-17)14-8-13-20-18(22)15-19(23)11-6-3-7-12-19/h2,4-5,9-10,23H,3,6-8,11-16H2,1H3,(H,20,22). The molecule has 1 saturated carbocycles. The van der Waals surface area contributed by atoms with Crippen molar-refractivity contribution < 1.29 is 9.90 Å². The Balaban J connectivity index is 1.58. The summed E-state index contributed by atoms with van der Waals surface area (Å²) < 4.78 is 0. The molecule has 0 bridgehead atoms. The highest BCUT2D eigenvalue weighted by Crippen LogP contribution is 2.30. The number of benzene rings is 1. The number of amides is 1. The summed E-state index contributed by atoms with van der Waals surface area (Å²) in [5, 5.41) is 13.3. The van der Waals surface area contributed by atoms with Gasteiger partial charge in [0.1, 0.15) is 0 Å². The van der Waals surface area contributed by atoms with Crippen LogP contribution in [0.2, 0.25) is 0 Å². The predicted molar refractivity (Wildman–Crippen MR) is 93.1 cm³/mol. The normalized spacial score (nSPS) is 17.2. The fourth-order valence-corrected chi connectivity index (χ4v) is 3.30. The lowest BCUT2D eigenvalue weighted by Crippen LogP contribution is -2.39. The maximum atomic E-state index is 12.0. The van der Waals surface area contributed by atoms with Crippen LogP contribution in [0.1, 0.15) is 50.5 Å². The Morgan fingerprint density at radius 1 is 1.22 bits per heavy atom. The molecule has 0 aromatic heterocycles. The molecule has 2 N–H and O–H groups in total. The smallest absolute Gasteiger partial charge is 0.222 e. The molecule has 128 valence electrons. The maximum Gasteiger partial charge on any atom is 0.222 e. The molecule has 4 nitrogen and oxygen atoms in total. The van der Waals surface area contributed by atoms with E-state index in [-0.39, 0.29) is 12.3 Å². The minimum absolute atomic E-state index is 0.0138. The summed E-state index contributed by atoms with van der Waals surface area (Å²) in [6.45, 7) is 2.54. The van der Waals surface area contributed by atoms with E-state index < -0.39 is 5.60 Å². The molecule has 23 heavy (non-hydrogen) atoms. The quantitative estimate of drug-likeness (QED) is 0.725. The topological polar surface area (TPSA) is 52.6 Å². The molecule has 1 aliphatic carbocycles. The molecule has 1 aliphatic rings. The van der Waals surface area contributed by atoms with Crippen LogP contribution >= 0.6 is 0 Å². The lowest BCUT2D eigenvalue weighted by molar-refractivity contribution is -0.127. The highest BCUT2D eigenvalue weighted by molar-refractivity contribution is 5.76. The van der Waals surface area contributed by atoms with E-state index in [1.807, 2.05) is 6.07 Å². The monoisotopic (exact) mass is 318 g/mol. The zero-order valence-corrected chi connectivity index (χ0v) is 14.3. The third kappa shape index (κ3) is 6.71. The van der Waals surface area contributed by atoms with Crippen molar-refractivity contribution >= 4 is 5.91 Å². The first-order valence-corrected chi connectivity index (χ1v) is 8.79. The van der Waals surface area contributed by atoms with Crippen molar-refractivity contribution in [2.45, 2.75) is 57.1 Å². The molecule has 0 spiro atoms. The largest absolute Gasteiger partial charge is 0.389 e. The van der Waals surface area contributed by atoms with Crippen LogP contribution in [0.5, 0.6) is 0 Å². The molecule has 4 heteroatoms. The van der Waals surface area contributed by atoms with Crippen molar-refractivity contribution in [2.24, 2.45) is 0 Å². The first-order valence-electron chi connectivity index (χ1n) is 8.79. The molecule has 1 amide bonds. The fourth-order valence-electron chi connectivity index (χ4n) is 3.30. The van der Waals surface area contributed by atoms with E-state index >= 15 is 0 Å². The van der Waals surface area contributed by atoms with E-state index in [9.17, 15) is 9.90 Å². The van der Waals surface area contributed by atoms with Crippen molar-refractivity contribution in [3.8, 4) is 0 Å². The van der Waals surface area contributed by atoms with Crippen LogP contribution in [0.3, 0.4) is 0 Å². The zero-order chi connectivity index (χ0) is 16.5. The van der Waals surface area contributed by atoms with Crippen molar-refractivity contribution in [1.82, 2.24) is 10.2 Å². The highest BCUT2D eigenvalue weighted by atomic mass is 16.3. The van der Waals surface area contributed by atoms with Gasteiger partial charge in [-0.2, -0.15) is 0 Å².